The highest BCUT2D eigenvalue weighted by molar-refractivity contribution is 9.10. The number of pyridine rings is 1. The smallest absolute Gasteiger partial charge is 0.266 e. The molecule has 0 radical (unpaired) electrons. The van der Waals surface area contributed by atoms with Crippen LogP contribution in [0.4, 0.5) is 8.78 Å². The molecule has 5 nitrogen and oxygen atoms in total. The summed E-state index contributed by atoms with van der Waals surface area (Å²) in [6, 6.07) is 11.8. The Hall–Kier alpha value is -2.55. The van der Waals surface area contributed by atoms with Crippen LogP contribution in [0.3, 0.4) is 0 Å². The number of aromatic nitrogens is 1. The van der Waals surface area contributed by atoms with Gasteiger partial charge in [0.2, 0.25) is 0 Å². The van der Waals surface area contributed by atoms with E-state index >= 15 is 0 Å². The van der Waals surface area contributed by atoms with Crippen molar-refractivity contribution in [1.82, 2.24) is 15.2 Å². The van der Waals surface area contributed by atoms with Gasteiger partial charge in [-0.05, 0) is 46.1 Å². The molecule has 4 rings (SSSR count). The Morgan fingerprint density at radius 3 is 2.45 bits per heavy atom. The molecule has 2 heterocycles. The molecule has 3 aromatic rings. The van der Waals surface area contributed by atoms with E-state index < -0.39 is 11.6 Å². The van der Waals surface area contributed by atoms with E-state index in [9.17, 15) is 13.6 Å². The Bertz CT molecular complexity index is 1180. The maximum Gasteiger partial charge on any atom is 0.266 e. The van der Waals surface area contributed by atoms with E-state index in [2.05, 4.69) is 55.4 Å². The Kier molecular flexibility index (Phi) is 7.57. The van der Waals surface area contributed by atoms with Crippen molar-refractivity contribution in [3.05, 3.63) is 96.9 Å². The molecule has 8 heteroatoms. The second-order valence-corrected chi connectivity index (χ2v) is 9.04. The molecule has 0 atom stereocenters. The van der Waals surface area contributed by atoms with Crippen molar-refractivity contribution in [1.29, 1.82) is 0 Å². The van der Waals surface area contributed by atoms with Gasteiger partial charge in [0.05, 0.1) is 0 Å². The van der Waals surface area contributed by atoms with Gasteiger partial charge in [0.25, 0.3) is 5.56 Å². The SMILES string of the molecule is Cc1[nH]c(=O)c(Br)c(OCc2ccc(F)cc2F)c1Cc1ccc(CN2CCNCC2)cc1. The van der Waals surface area contributed by atoms with Gasteiger partial charge in [0.1, 0.15) is 28.5 Å². The minimum absolute atomic E-state index is 0.121. The normalized spacial score (nSPS) is 14.4. The molecule has 1 saturated heterocycles. The molecule has 0 unspecified atom stereocenters. The first-order chi connectivity index (χ1) is 15.9. The lowest BCUT2D eigenvalue weighted by Crippen LogP contribution is -2.42. The van der Waals surface area contributed by atoms with Crippen molar-refractivity contribution >= 4 is 15.9 Å². The third-order valence-corrected chi connectivity index (χ3v) is 6.55. The maximum absolute atomic E-state index is 14.1. The lowest BCUT2D eigenvalue weighted by molar-refractivity contribution is 0.233. The maximum atomic E-state index is 14.1. The highest BCUT2D eigenvalue weighted by Gasteiger charge is 2.17. The molecule has 0 saturated carbocycles. The monoisotopic (exact) mass is 517 g/mol. The fourth-order valence-electron chi connectivity index (χ4n) is 3.95. The number of piperazine rings is 1. The van der Waals surface area contributed by atoms with E-state index in [0.717, 1.165) is 49.9 Å². The summed E-state index contributed by atoms with van der Waals surface area (Å²) in [5.74, 6) is -0.968. The minimum Gasteiger partial charge on any atom is -0.487 e. The largest absolute Gasteiger partial charge is 0.487 e. The Morgan fingerprint density at radius 1 is 1.06 bits per heavy atom. The van der Waals surface area contributed by atoms with E-state index in [4.69, 9.17) is 4.74 Å². The molecule has 0 aliphatic carbocycles. The van der Waals surface area contributed by atoms with Crippen molar-refractivity contribution in [3.8, 4) is 5.75 Å². The number of aromatic amines is 1. The number of aryl methyl sites for hydroxylation is 1. The molecule has 33 heavy (non-hydrogen) atoms. The van der Waals surface area contributed by atoms with Crippen LogP contribution in [0.1, 0.15) is 27.9 Å². The fraction of sp³-hybridized carbons (Fsp3) is 0.320. The molecular weight excluding hydrogens is 492 g/mol. The van der Waals surface area contributed by atoms with Crippen LogP contribution in [0.25, 0.3) is 0 Å². The highest BCUT2D eigenvalue weighted by Crippen LogP contribution is 2.31. The first-order valence-electron chi connectivity index (χ1n) is 10.9. The summed E-state index contributed by atoms with van der Waals surface area (Å²) in [5, 5.41) is 3.36. The van der Waals surface area contributed by atoms with Crippen LogP contribution < -0.4 is 15.6 Å². The lowest BCUT2D eigenvalue weighted by atomic mass is 10.0. The van der Waals surface area contributed by atoms with Crippen LogP contribution in [0.2, 0.25) is 0 Å². The first-order valence-corrected chi connectivity index (χ1v) is 11.7. The van der Waals surface area contributed by atoms with Crippen LogP contribution in [0.15, 0.2) is 51.7 Å². The number of nitrogens with zero attached hydrogens (tertiary/aromatic N) is 1. The topological polar surface area (TPSA) is 57.4 Å². The second kappa shape index (κ2) is 10.6. The number of hydrogen-bond donors (Lipinski definition) is 2. The Morgan fingerprint density at radius 2 is 1.76 bits per heavy atom. The van der Waals surface area contributed by atoms with Gasteiger partial charge in [0, 0.05) is 62.0 Å². The van der Waals surface area contributed by atoms with Gasteiger partial charge in [-0.25, -0.2) is 8.78 Å². The van der Waals surface area contributed by atoms with Crippen LogP contribution in [-0.4, -0.2) is 36.1 Å². The predicted molar refractivity (Wildman–Crippen MR) is 128 cm³/mol. The van der Waals surface area contributed by atoms with Crippen LogP contribution >= 0.6 is 15.9 Å². The summed E-state index contributed by atoms with van der Waals surface area (Å²) in [7, 11) is 0. The van der Waals surface area contributed by atoms with E-state index in [0.29, 0.717) is 17.9 Å². The zero-order chi connectivity index (χ0) is 23.4. The van der Waals surface area contributed by atoms with Crippen molar-refractivity contribution in [2.45, 2.75) is 26.5 Å². The summed E-state index contributed by atoms with van der Waals surface area (Å²) in [5.41, 5.74) is 3.70. The van der Waals surface area contributed by atoms with Crippen LogP contribution in [0.5, 0.6) is 5.75 Å². The quantitative estimate of drug-likeness (QED) is 0.490. The summed E-state index contributed by atoms with van der Waals surface area (Å²) in [4.78, 5) is 17.6. The summed E-state index contributed by atoms with van der Waals surface area (Å²) in [6.07, 6.45) is 0.538. The molecule has 2 N–H and O–H groups in total. The third-order valence-electron chi connectivity index (χ3n) is 5.83. The van der Waals surface area contributed by atoms with E-state index in [1.807, 2.05) is 6.92 Å². The Labute approximate surface area is 199 Å². The minimum atomic E-state index is -0.686. The number of rotatable bonds is 7. The fourth-order valence-corrected chi connectivity index (χ4v) is 4.41. The standard InChI is InChI=1S/C25H26BrF2N3O2/c1-16-21(12-17-2-4-18(5-3-17)14-31-10-8-29-9-11-31)24(23(26)25(32)30-16)33-15-19-6-7-20(27)13-22(19)28/h2-7,13,29H,8-12,14-15H2,1H3,(H,30,32). The number of benzene rings is 2. The zero-order valence-electron chi connectivity index (χ0n) is 18.4. The summed E-state index contributed by atoms with van der Waals surface area (Å²) < 4.78 is 33.4. The number of H-pyrrole nitrogens is 1. The van der Waals surface area contributed by atoms with E-state index in [-0.39, 0.29) is 22.2 Å². The van der Waals surface area contributed by atoms with E-state index in [1.165, 1.54) is 17.7 Å². The zero-order valence-corrected chi connectivity index (χ0v) is 20.0. The van der Waals surface area contributed by atoms with Gasteiger partial charge in [-0.15, -0.1) is 0 Å². The predicted octanol–water partition coefficient (Wildman–Crippen LogP) is 4.30. The molecule has 0 amide bonds. The van der Waals surface area contributed by atoms with Gasteiger partial charge in [0.15, 0.2) is 0 Å². The van der Waals surface area contributed by atoms with Gasteiger partial charge in [-0.3, -0.25) is 9.69 Å². The van der Waals surface area contributed by atoms with Gasteiger partial charge in [-0.1, -0.05) is 24.3 Å². The Balaban J connectivity index is 1.53. The molecule has 0 bridgehead atoms. The molecule has 1 fully saturated rings. The lowest BCUT2D eigenvalue weighted by Gasteiger charge is -2.27. The molecule has 1 aliphatic rings. The number of hydrogen-bond acceptors (Lipinski definition) is 4. The van der Waals surface area contributed by atoms with Gasteiger partial charge in [-0.2, -0.15) is 0 Å². The van der Waals surface area contributed by atoms with E-state index in [1.54, 1.807) is 0 Å². The van der Waals surface area contributed by atoms with Crippen LogP contribution in [-0.2, 0) is 19.6 Å². The molecular formula is C25H26BrF2N3O2. The third kappa shape index (κ3) is 5.88. The number of halogens is 3. The average Bonchev–Trinajstić information content (AvgIpc) is 2.80. The summed E-state index contributed by atoms with van der Waals surface area (Å²) >= 11 is 3.32. The molecule has 1 aromatic heterocycles. The van der Waals surface area contributed by atoms with Gasteiger partial charge >= 0.3 is 0 Å². The highest BCUT2D eigenvalue weighted by atomic mass is 79.9. The number of ether oxygens (including phenoxy) is 1. The average molecular weight is 518 g/mol. The molecule has 0 spiro atoms. The second-order valence-electron chi connectivity index (χ2n) is 8.24. The van der Waals surface area contributed by atoms with Gasteiger partial charge < -0.3 is 15.0 Å². The van der Waals surface area contributed by atoms with Crippen molar-refractivity contribution < 1.29 is 13.5 Å². The summed E-state index contributed by atoms with van der Waals surface area (Å²) in [6.45, 7) is 6.73. The van der Waals surface area contributed by atoms with Crippen molar-refractivity contribution in [2.24, 2.45) is 0 Å². The van der Waals surface area contributed by atoms with Crippen molar-refractivity contribution in [2.75, 3.05) is 26.2 Å². The molecule has 174 valence electrons. The van der Waals surface area contributed by atoms with Crippen LogP contribution in [0, 0.1) is 18.6 Å². The first kappa shape index (κ1) is 23.6. The van der Waals surface area contributed by atoms with Crippen molar-refractivity contribution in [3.63, 3.8) is 0 Å². The molecule has 2 aromatic carbocycles. The molecule has 1 aliphatic heterocycles. The number of nitrogens with one attached hydrogen (secondary N) is 2.